The van der Waals surface area contributed by atoms with E-state index in [1.54, 1.807) is 0 Å². The van der Waals surface area contributed by atoms with E-state index >= 15 is 0 Å². The van der Waals surface area contributed by atoms with Crippen molar-refractivity contribution in [2.45, 2.75) is 0 Å². The quantitative estimate of drug-likeness (QED) is 0.487. The Labute approximate surface area is 105 Å². The minimum absolute atomic E-state index is 0.0215. The maximum atomic E-state index is 12.0. The zero-order valence-electron chi connectivity index (χ0n) is 8.29. The lowest BCUT2D eigenvalue weighted by Gasteiger charge is -2.00. The van der Waals surface area contributed by atoms with Crippen LogP contribution in [0.15, 0.2) is 29.9 Å². The van der Waals surface area contributed by atoms with E-state index in [4.69, 9.17) is 11.6 Å². The third-order valence-electron chi connectivity index (χ3n) is 2.06. The molecular weight excluding hydrogens is 264 g/mol. The van der Waals surface area contributed by atoms with Crippen LogP contribution < -0.4 is 0 Å². The highest BCUT2D eigenvalue weighted by atomic mass is 35.5. The number of hydrogen-bond acceptors (Lipinski definition) is 5. The molecule has 1 heterocycles. The molecule has 0 aliphatic carbocycles. The molecule has 17 heavy (non-hydrogen) atoms. The molecule has 0 fully saturated rings. The van der Waals surface area contributed by atoms with Crippen LogP contribution in [0.4, 0.5) is 5.69 Å². The van der Waals surface area contributed by atoms with E-state index in [1.807, 2.05) is 0 Å². The van der Waals surface area contributed by atoms with Gasteiger partial charge in [-0.2, -0.15) is 0 Å². The molecule has 0 spiro atoms. The first-order valence-corrected chi connectivity index (χ1v) is 5.72. The fourth-order valence-electron chi connectivity index (χ4n) is 1.31. The van der Waals surface area contributed by atoms with Crippen molar-refractivity contribution in [2.75, 3.05) is 0 Å². The van der Waals surface area contributed by atoms with Gasteiger partial charge < -0.3 is 0 Å². The molecular formula is C10H5ClN2O3S. The monoisotopic (exact) mass is 268 g/mol. The van der Waals surface area contributed by atoms with Gasteiger partial charge in [-0.1, -0.05) is 11.6 Å². The number of thiazole rings is 1. The minimum atomic E-state index is -0.607. The Kier molecular flexibility index (Phi) is 3.16. The van der Waals surface area contributed by atoms with Gasteiger partial charge in [0.1, 0.15) is 5.56 Å². The Morgan fingerprint density at radius 2 is 2.24 bits per heavy atom. The van der Waals surface area contributed by atoms with Crippen molar-refractivity contribution in [3.05, 3.63) is 55.5 Å². The molecule has 0 radical (unpaired) electrons. The molecule has 0 N–H and O–H groups in total. The maximum Gasteiger partial charge on any atom is 0.280 e. The van der Waals surface area contributed by atoms with Gasteiger partial charge in [0.15, 0.2) is 0 Å². The second-order valence-electron chi connectivity index (χ2n) is 3.11. The second kappa shape index (κ2) is 4.60. The zero-order chi connectivity index (χ0) is 12.4. The summed E-state index contributed by atoms with van der Waals surface area (Å²) in [6.07, 6.45) is 1.37. The number of benzene rings is 1. The smallest absolute Gasteiger partial charge is 0.280 e. The van der Waals surface area contributed by atoms with Gasteiger partial charge >= 0.3 is 0 Å². The number of halogens is 1. The van der Waals surface area contributed by atoms with Gasteiger partial charge in [0, 0.05) is 17.3 Å². The second-order valence-corrected chi connectivity index (χ2v) is 4.44. The van der Waals surface area contributed by atoms with E-state index in [0.717, 1.165) is 11.3 Å². The van der Waals surface area contributed by atoms with Crippen LogP contribution in [0.3, 0.4) is 0 Å². The molecule has 5 nitrogen and oxygen atoms in total. The van der Waals surface area contributed by atoms with Crippen molar-refractivity contribution in [3.63, 3.8) is 0 Å². The van der Waals surface area contributed by atoms with Gasteiger partial charge in [-0.05, 0) is 12.1 Å². The molecule has 2 rings (SSSR count). The summed E-state index contributed by atoms with van der Waals surface area (Å²) in [7, 11) is 0. The van der Waals surface area contributed by atoms with Crippen molar-refractivity contribution < 1.29 is 9.72 Å². The highest BCUT2D eigenvalue weighted by Crippen LogP contribution is 2.26. The molecule has 1 aromatic heterocycles. The molecule has 0 saturated heterocycles. The molecule has 1 aromatic carbocycles. The first-order valence-electron chi connectivity index (χ1n) is 4.46. The lowest BCUT2D eigenvalue weighted by Crippen LogP contribution is -2.03. The fraction of sp³-hybridized carbons (Fsp3) is 0. The van der Waals surface area contributed by atoms with E-state index < -0.39 is 10.7 Å². The molecule has 0 bridgehead atoms. The molecule has 2 aromatic rings. The molecule has 0 saturated carbocycles. The third kappa shape index (κ3) is 2.32. The summed E-state index contributed by atoms with van der Waals surface area (Å²) in [6, 6.07) is 3.89. The average Bonchev–Trinajstić information content (AvgIpc) is 2.80. The molecule has 0 aliphatic rings. The number of carbonyl (C=O) groups excluding carboxylic acids is 1. The van der Waals surface area contributed by atoms with Crippen LogP contribution >= 0.6 is 22.9 Å². The van der Waals surface area contributed by atoms with E-state index in [2.05, 4.69) is 4.98 Å². The Morgan fingerprint density at radius 3 is 2.82 bits per heavy atom. The van der Waals surface area contributed by atoms with Crippen molar-refractivity contribution >= 4 is 34.4 Å². The number of ketones is 1. The largest absolute Gasteiger partial charge is 0.287 e. The molecule has 0 unspecified atom stereocenters. The predicted molar refractivity (Wildman–Crippen MR) is 63.7 cm³/mol. The summed E-state index contributed by atoms with van der Waals surface area (Å²) < 4.78 is 0. The number of hydrogen-bond donors (Lipinski definition) is 0. The number of carbonyl (C=O) groups is 1. The van der Waals surface area contributed by atoms with Gasteiger partial charge in [0.05, 0.1) is 15.3 Å². The molecule has 0 aliphatic heterocycles. The van der Waals surface area contributed by atoms with Crippen LogP contribution in [0.25, 0.3) is 0 Å². The van der Waals surface area contributed by atoms with Gasteiger partial charge in [-0.3, -0.25) is 19.9 Å². The van der Waals surface area contributed by atoms with E-state index in [1.165, 1.54) is 29.9 Å². The molecule has 86 valence electrons. The van der Waals surface area contributed by atoms with Crippen LogP contribution in [0.1, 0.15) is 15.2 Å². The summed E-state index contributed by atoms with van der Waals surface area (Å²) >= 11 is 6.87. The number of nitro benzene ring substituents is 1. The Balaban J connectivity index is 2.54. The molecule has 0 amide bonds. The highest BCUT2D eigenvalue weighted by molar-refractivity contribution is 7.11. The van der Waals surface area contributed by atoms with Crippen LogP contribution in [0, 0.1) is 10.1 Å². The van der Waals surface area contributed by atoms with Crippen LogP contribution in [0.5, 0.6) is 0 Å². The summed E-state index contributed by atoms with van der Waals surface area (Å²) in [5.74, 6) is -0.443. The van der Waals surface area contributed by atoms with Crippen LogP contribution in [0.2, 0.25) is 5.02 Å². The Morgan fingerprint density at radius 1 is 1.47 bits per heavy atom. The average molecular weight is 269 g/mol. The molecule has 0 atom stereocenters. The van der Waals surface area contributed by atoms with E-state index in [9.17, 15) is 14.9 Å². The highest BCUT2D eigenvalue weighted by Gasteiger charge is 2.22. The topological polar surface area (TPSA) is 73.1 Å². The van der Waals surface area contributed by atoms with Crippen LogP contribution in [-0.4, -0.2) is 15.7 Å². The van der Waals surface area contributed by atoms with E-state index in [0.29, 0.717) is 4.88 Å². The lowest BCUT2D eigenvalue weighted by molar-refractivity contribution is -0.385. The number of aromatic nitrogens is 1. The standard InChI is InChI=1S/C10H5ClN2O3S/c11-6-1-2-8(13(15)16)7(3-6)10(14)9-4-12-5-17-9/h1-5H. The van der Waals surface area contributed by atoms with Gasteiger partial charge in [-0.25, -0.2) is 0 Å². The van der Waals surface area contributed by atoms with Gasteiger partial charge in [0.25, 0.3) is 5.69 Å². The van der Waals surface area contributed by atoms with Crippen molar-refractivity contribution in [3.8, 4) is 0 Å². The van der Waals surface area contributed by atoms with Crippen molar-refractivity contribution in [1.82, 2.24) is 4.98 Å². The lowest BCUT2D eigenvalue weighted by atomic mass is 10.1. The first-order chi connectivity index (χ1) is 8.09. The van der Waals surface area contributed by atoms with Gasteiger partial charge in [0.2, 0.25) is 5.78 Å². The molecule has 7 heteroatoms. The van der Waals surface area contributed by atoms with Crippen molar-refractivity contribution in [2.24, 2.45) is 0 Å². The first kappa shape index (κ1) is 11.7. The Bertz CT molecular complexity index is 583. The SMILES string of the molecule is O=C(c1cncs1)c1cc(Cl)ccc1[N+](=O)[O-]. The van der Waals surface area contributed by atoms with Crippen LogP contribution in [-0.2, 0) is 0 Å². The number of rotatable bonds is 3. The fourth-order valence-corrected chi connectivity index (χ4v) is 2.06. The summed E-state index contributed by atoms with van der Waals surface area (Å²) in [5, 5.41) is 11.1. The Hall–Kier alpha value is -1.79. The summed E-state index contributed by atoms with van der Waals surface area (Å²) in [5.41, 5.74) is 1.21. The van der Waals surface area contributed by atoms with E-state index in [-0.39, 0.29) is 16.3 Å². The number of nitro groups is 1. The summed E-state index contributed by atoms with van der Waals surface area (Å²) in [4.78, 5) is 26.3. The maximum absolute atomic E-state index is 12.0. The summed E-state index contributed by atoms with van der Waals surface area (Å²) in [6.45, 7) is 0. The third-order valence-corrected chi connectivity index (χ3v) is 3.06. The van der Waals surface area contributed by atoms with Gasteiger partial charge in [-0.15, -0.1) is 11.3 Å². The number of nitrogens with zero attached hydrogens (tertiary/aromatic N) is 2. The predicted octanol–water partition coefficient (Wildman–Crippen LogP) is 2.94. The zero-order valence-corrected chi connectivity index (χ0v) is 9.86. The normalized spacial score (nSPS) is 10.2. The minimum Gasteiger partial charge on any atom is -0.287 e. The van der Waals surface area contributed by atoms with Crippen molar-refractivity contribution in [1.29, 1.82) is 0 Å².